The molecular formula is C13H19FO3. The third-order valence-electron chi connectivity index (χ3n) is 3.80. The van der Waals surface area contributed by atoms with E-state index in [1.165, 1.54) is 0 Å². The Morgan fingerprint density at radius 2 is 2.18 bits per heavy atom. The number of ether oxygens (including phenoxy) is 2. The summed E-state index contributed by atoms with van der Waals surface area (Å²) in [7, 11) is 0. The Morgan fingerprint density at radius 1 is 1.47 bits per heavy atom. The standard InChI is InChI=1S/C13H19FO3/c1-8(2)10-5-4-9(3)6-13(10)16-7-11(14)12(15)17-13/h7-10H,4-6H2,1-3H3/t9-,10+,13+/m1/s1. The molecule has 0 aromatic heterocycles. The molecule has 96 valence electrons. The number of halogens is 1. The van der Waals surface area contributed by atoms with E-state index in [1.54, 1.807) is 0 Å². The van der Waals surface area contributed by atoms with E-state index in [4.69, 9.17) is 9.47 Å². The molecule has 0 aromatic carbocycles. The minimum absolute atomic E-state index is 0.131. The second-order valence-corrected chi connectivity index (χ2v) is 5.52. The lowest BCUT2D eigenvalue weighted by Crippen LogP contribution is -2.51. The fourth-order valence-corrected chi connectivity index (χ4v) is 2.95. The zero-order valence-corrected chi connectivity index (χ0v) is 10.5. The van der Waals surface area contributed by atoms with E-state index in [0.29, 0.717) is 18.3 Å². The first kappa shape index (κ1) is 12.4. The minimum atomic E-state index is -0.948. The van der Waals surface area contributed by atoms with Crippen molar-refractivity contribution >= 4 is 5.97 Å². The molecule has 1 aliphatic carbocycles. The molecule has 1 fully saturated rings. The smallest absolute Gasteiger partial charge is 0.373 e. The number of carbonyl (C=O) groups excluding carboxylic acids is 1. The summed E-state index contributed by atoms with van der Waals surface area (Å²) in [5, 5.41) is 0. The van der Waals surface area contributed by atoms with Crippen LogP contribution in [0.2, 0.25) is 0 Å². The fraction of sp³-hybridized carbons (Fsp3) is 0.769. The van der Waals surface area contributed by atoms with Gasteiger partial charge in [-0.1, -0.05) is 20.8 Å². The summed E-state index contributed by atoms with van der Waals surface area (Å²) >= 11 is 0. The van der Waals surface area contributed by atoms with Crippen LogP contribution in [0.3, 0.4) is 0 Å². The van der Waals surface area contributed by atoms with Crippen molar-refractivity contribution in [2.75, 3.05) is 0 Å². The van der Waals surface area contributed by atoms with Crippen LogP contribution in [0.5, 0.6) is 0 Å². The number of esters is 1. The van der Waals surface area contributed by atoms with Crippen molar-refractivity contribution < 1.29 is 18.7 Å². The van der Waals surface area contributed by atoms with Gasteiger partial charge in [0.05, 0.1) is 0 Å². The molecule has 0 amide bonds. The van der Waals surface area contributed by atoms with Gasteiger partial charge in [-0.2, -0.15) is 4.39 Å². The van der Waals surface area contributed by atoms with Crippen molar-refractivity contribution in [2.24, 2.45) is 17.8 Å². The SMILES string of the molecule is CC(C)[C@@H]1CC[C@@H](C)C[C@@]12OC=C(F)C(=O)O2. The van der Waals surface area contributed by atoms with Gasteiger partial charge < -0.3 is 9.47 Å². The van der Waals surface area contributed by atoms with Gasteiger partial charge in [-0.15, -0.1) is 0 Å². The molecular weight excluding hydrogens is 223 g/mol. The molecule has 2 rings (SSSR count). The van der Waals surface area contributed by atoms with Gasteiger partial charge in [0.1, 0.15) is 6.26 Å². The van der Waals surface area contributed by atoms with Crippen LogP contribution < -0.4 is 0 Å². The Bertz CT molecular complexity index is 351. The van der Waals surface area contributed by atoms with E-state index in [0.717, 1.165) is 19.1 Å². The van der Waals surface area contributed by atoms with E-state index in [-0.39, 0.29) is 5.92 Å². The van der Waals surface area contributed by atoms with Gasteiger partial charge >= 0.3 is 5.97 Å². The zero-order chi connectivity index (χ0) is 12.6. The second kappa shape index (κ2) is 4.31. The third kappa shape index (κ3) is 2.17. The number of hydrogen-bond acceptors (Lipinski definition) is 3. The highest BCUT2D eigenvalue weighted by atomic mass is 19.1. The van der Waals surface area contributed by atoms with Crippen molar-refractivity contribution in [1.82, 2.24) is 0 Å². The van der Waals surface area contributed by atoms with E-state index in [1.807, 2.05) is 0 Å². The molecule has 0 saturated heterocycles. The molecule has 1 saturated carbocycles. The number of carbonyl (C=O) groups is 1. The molecule has 1 spiro atoms. The van der Waals surface area contributed by atoms with Crippen molar-refractivity contribution in [3.05, 3.63) is 12.1 Å². The Hall–Kier alpha value is -1.06. The van der Waals surface area contributed by atoms with Gasteiger partial charge in [0.2, 0.25) is 5.83 Å². The maximum absolute atomic E-state index is 13.0. The average Bonchev–Trinajstić information content (AvgIpc) is 2.23. The monoisotopic (exact) mass is 242 g/mol. The van der Waals surface area contributed by atoms with E-state index in [9.17, 15) is 9.18 Å². The van der Waals surface area contributed by atoms with Gasteiger partial charge in [0.25, 0.3) is 5.79 Å². The third-order valence-corrected chi connectivity index (χ3v) is 3.80. The maximum Gasteiger partial charge on any atom is 0.373 e. The van der Waals surface area contributed by atoms with E-state index < -0.39 is 17.6 Å². The van der Waals surface area contributed by atoms with Crippen LogP contribution in [0.25, 0.3) is 0 Å². The van der Waals surface area contributed by atoms with Crippen molar-refractivity contribution in [1.29, 1.82) is 0 Å². The summed E-state index contributed by atoms with van der Waals surface area (Å²) in [5.74, 6) is -1.89. The number of hydrogen-bond donors (Lipinski definition) is 0. The molecule has 0 unspecified atom stereocenters. The van der Waals surface area contributed by atoms with E-state index in [2.05, 4.69) is 20.8 Å². The Morgan fingerprint density at radius 3 is 2.76 bits per heavy atom. The largest absolute Gasteiger partial charge is 0.456 e. The quantitative estimate of drug-likeness (QED) is 0.662. The summed E-state index contributed by atoms with van der Waals surface area (Å²) < 4.78 is 23.7. The van der Waals surface area contributed by atoms with Crippen molar-refractivity contribution in [3.63, 3.8) is 0 Å². The molecule has 3 atom stereocenters. The first-order valence-corrected chi connectivity index (χ1v) is 6.21. The van der Waals surface area contributed by atoms with Gasteiger partial charge in [0, 0.05) is 12.3 Å². The minimum Gasteiger partial charge on any atom is -0.456 e. The highest BCUT2D eigenvalue weighted by Crippen LogP contribution is 2.46. The molecule has 4 heteroatoms. The molecule has 0 radical (unpaired) electrons. The summed E-state index contributed by atoms with van der Waals surface area (Å²) in [5.41, 5.74) is 0. The van der Waals surface area contributed by atoms with E-state index >= 15 is 0 Å². The van der Waals surface area contributed by atoms with Crippen LogP contribution in [-0.4, -0.2) is 11.8 Å². The molecule has 17 heavy (non-hydrogen) atoms. The summed E-state index contributed by atoms with van der Waals surface area (Å²) in [4.78, 5) is 11.4. The highest BCUT2D eigenvalue weighted by molar-refractivity contribution is 5.86. The molecule has 1 aliphatic heterocycles. The lowest BCUT2D eigenvalue weighted by atomic mass is 9.72. The maximum atomic E-state index is 13.0. The second-order valence-electron chi connectivity index (χ2n) is 5.52. The fourth-order valence-electron chi connectivity index (χ4n) is 2.95. The first-order chi connectivity index (χ1) is 7.94. The van der Waals surface area contributed by atoms with Crippen LogP contribution in [-0.2, 0) is 14.3 Å². The summed E-state index contributed by atoms with van der Waals surface area (Å²) in [6.07, 6.45) is 3.60. The molecule has 0 bridgehead atoms. The molecule has 3 nitrogen and oxygen atoms in total. The normalized spacial score (nSPS) is 37.7. The predicted octanol–water partition coefficient (Wildman–Crippen LogP) is 3.16. The topological polar surface area (TPSA) is 35.5 Å². The first-order valence-electron chi connectivity index (χ1n) is 6.21. The van der Waals surface area contributed by atoms with Gasteiger partial charge in [0.15, 0.2) is 0 Å². The lowest BCUT2D eigenvalue weighted by molar-refractivity contribution is -0.265. The van der Waals surface area contributed by atoms with Gasteiger partial charge in [-0.25, -0.2) is 4.79 Å². The lowest BCUT2D eigenvalue weighted by Gasteiger charge is -2.46. The van der Waals surface area contributed by atoms with Gasteiger partial charge in [-0.05, 0) is 24.7 Å². The van der Waals surface area contributed by atoms with Crippen LogP contribution in [0.4, 0.5) is 4.39 Å². The predicted molar refractivity (Wildman–Crippen MR) is 60.4 cm³/mol. The Balaban J connectivity index is 2.28. The molecule has 0 aromatic rings. The van der Waals surface area contributed by atoms with Crippen molar-refractivity contribution in [2.45, 2.75) is 45.8 Å². The summed E-state index contributed by atoms with van der Waals surface area (Å²) in [6.45, 7) is 6.26. The highest BCUT2D eigenvalue weighted by Gasteiger charge is 2.51. The Kier molecular flexibility index (Phi) is 3.15. The molecule has 2 aliphatic rings. The number of rotatable bonds is 1. The summed E-state index contributed by atoms with van der Waals surface area (Å²) in [6, 6.07) is 0. The van der Waals surface area contributed by atoms with Crippen LogP contribution in [0.15, 0.2) is 12.1 Å². The zero-order valence-electron chi connectivity index (χ0n) is 10.5. The van der Waals surface area contributed by atoms with Crippen LogP contribution in [0.1, 0.15) is 40.0 Å². The average molecular weight is 242 g/mol. The Labute approximate surface area is 101 Å². The van der Waals surface area contributed by atoms with Gasteiger partial charge in [-0.3, -0.25) is 0 Å². The van der Waals surface area contributed by atoms with Crippen LogP contribution in [0, 0.1) is 17.8 Å². The molecule has 1 heterocycles. The van der Waals surface area contributed by atoms with Crippen molar-refractivity contribution in [3.8, 4) is 0 Å². The van der Waals surface area contributed by atoms with Crippen LogP contribution >= 0.6 is 0 Å². The molecule has 0 N–H and O–H groups in total.